The maximum absolute atomic E-state index is 12.9. The second-order valence-electron chi connectivity index (χ2n) is 6.47. The first-order valence-electron chi connectivity index (χ1n) is 8.22. The van der Waals surface area contributed by atoms with E-state index in [0.717, 1.165) is 18.5 Å². The highest BCUT2D eigenvalue weighted by atomic mass is 32.1. The molecule has 1 N–H and O–H groups in total. The van der Waals surface area contributed by atoms with Crippen LogP contribution in [0, 0.1) is 12.8 Å². The normalized spacial score (nSPS) is 13.8. The smallest absolute Gasteiger partial charge is 0.254 e. The number of thiophene rings is 1. The summed E-state index contributed by atoms with van der Waals surface area (Å²) in [6.45, 7) is 7.01. The molecule has 0 saturated carbocycles. The number of amides is 2. The molecule has 1 aromatic heterocycles. The van der Waals surface area contributed by atoms with Crippen molar-refractivity contribution in [2.45, 2.75) is 33.7 Å². The summed E-state index contributed by atoms with van der Waals surface area (Å²) in [7, 11) is 0. The van der Waals surface area contributed by atoms with Crippen molar-refractivity contribution in [3.63, 3.8) is 0 Å². The Bertz CT molecular complexity index is 779. The van der Waals surface area contributed by atoms with Crippen LogP contribution in [0.5, 0.6) is 0 Å². The maximum atomic E-state index is 12.9. The summed E-state index contributed by atoms with van der Waals surface area (Å²) in [4.78, 5) is 28.2. The number of benzene rings is 1. The van der Waals surface area contributed by atoms with Crippen molar-refractivity contribution in [2.75, 3.05) is 11.9 Å². The number of rotatable bonds is 3. The molecule has 0 atom stereocenters. The van der Waals surface area contributed by atoms with E-state index in [2.05, 4.69) is 16.8 Å². The van der Waals surface area contributed by atoms with Gasteiger partial charge in [0, 0.05) is 35.1 Å². The van der Waals surface area contributed by atoms with Crippen LogP contribution in [-0.4, -0.2) is 23.3 Å². The summed E-state index contributed by atoms with van der Waals surface area (Å²) < 4.78 is 0. The molecule has 0 bridgehead atoms. The van der Waals surface area contributed by atoms with Gasteiger partial charge >= 0.3 is 0 Å². The first kappa shape index (κ1) is 16.7. The second-order valence-corrected chi connectivity index (χ2v) is 7.47. The summed E-state index contributed by atoms with van der Waals surface area (Å²) in [5.74, 6) is -0.101. The first-order valence-corrected chi connectivity index (χ1v) is 9.10. The van der Waals surface area contributed by atoms with E-state index >= 15 is 0 Å². The lowest BCUT2D eigenvalue weighted by molar-refractivity contribution is -0.118. The van der Waals surface area contributed by atoms with Gasteiger partial charge in [-0.2, -0.15) is 0 Å². The molecule has 24 heavy (non-hydrogen) atoms. The lowest BCUT2D eigenvalue weighted by atomic mass is 10.0. The van der Waals surface area contributed by atoms with Gasteiger partial charge in [0.25, 0.3) is 5.91 Å². The second kappa shape index (κ2) is 6.77. The molecule has 0 radical (unpaired) electrons. The molecule has 1 aromatic carbocycles. The average molecular weight is 342 g/mol. The van der Waals surface area contributed by atoms with Crippen molar-refractivity contribution in [2.24, 2.45) is 5.92 Å². The van der Waals surface area contributed by atoms with E-state index in [4.69, 9.17) is 0 Å². The van der Waals surface area contributed by atoms with E-state index < -0.39 is 0 Å². The molecule has 0 spiro atoms. The molecule has 0 fully saturated rings. The monoisotopic (exact) mass is 342 g/mol. The van der Waals surface area contributed by atoms with Crippen molar-refractivity contribution < 1.29 is 9.59 Å². The van der Waals surface area contributed by atoms with E-state index in [1.807, 2.05) is 43.9 Å². The van der Waals surface area contributed by atoms with Crippen molar-refractivity contribution in [3.05, 3.63) is 51.2 Å². The van der Waals surface area contributed by atoms with Gasteiger partial charge in [0.1, 0.15) is 0 Å². The summed E-state index contributed by atoms with van der Waals surface area (Å²) in [6.07, 6.45) is 0.918. The molecule has 2 amide bonds. The molecular formula is C19H22N2O2S. The van der Waals surface area contributed by atoms with Crippen LogP contribution in [0.2, 0.25) is 0 Å². The molecule has 2 heterocycles. The molecule has 0 saturated heterocycles. The highest BCUT2D eigenvalue weighted by molar-refractivity contribution is 7.10. The number of carbonyl (C=O) groups is 2. The number of anilines is 1. The fourth-order valence-electron chi connectivity index (χ4n) is 2.87. The molecule has 1 aliphatic heterocycles. The van der Waals surface area contributed by atoms with Gasteiger partial charge in [-0.3, -0.25) is 9.59 Å². The predicted octanol–water partition coefficient (Wildman–Crippen LogP) is 3.85. The fourth-order valence-corrected chi connectivity index (χ4v) is 3.76. The van der Waals surface area contributed by atoms with Gasteiger partial charge in [0.05, 0.1) is 0 Å². The summed E-state index contributed by atoms with van der Waals surface area (Å²) in [5, 5.41) is 5.00. The number of hydrogen-bond donors (Lipinski definition) is 1. The lowest BCUT2D eigenvalue weighted by Gasteiger charge is -2.28. The van der Waals surface area contributed by atoms with Crippen LogP contribution in [0.4, 0.5) is 5.69 Å². The van der Waals surface area contributed by atoms with E-state index in [-0.39, 0.29) is 17.7 Å². The van der Waals surface area contributed by atoms with Crippen LogP contribution in [-0.2, 0) is 17.8 Å². The maximum Gasteiger partial charge on any atom is 0.254 e. The molecule has 1 aliphatic rings. The average Bonchev–Trinajstić information content (AvgIpc) is 3.03. The third-order valence-corrected chi connectivity index (χ3v) is 5.46. The van der Waals surface area contributed by atoms with Crippen LogP contribution in [0.25, 0.3) is 0 Å². The van der Waals surface area contributed by atoms with E-state index in [1.54, 1.807) is 11.3 Å². The molecular weight excluding hydrogens is 320 g/mol. The first-order chi connectivity index (χ1) is 11.5. The third kappa shape index (κ3) is 3.22. The zero-order chi connectivity index (χ0) is 17.3. The topological polar surface area (TPSA) is 49.4 Å². The van der Waals surface area contributed by atoms with Gasteiger partial charge in [0.2, 0.25) is 5.91 Å². The number of fused-ring (bicyclic) bond motifs is 1. The van der Waals surface area contributed by atoms with Crippen LogP contribution in [0.3, 0.4) is 0 Å². The van der Waals surface area contributed by atoms with Gasteiger partial charge < -0.3 is 10.2 Å². The Labute approximate surface area is 146 Å². The lowest BCUT2D eigenvalue weighted by Crippen LogP contribution is -2.35. The fraction of sp³-hybridized carbons (Fsp3) is 0.368. The van der Waals surface area contributed by atoms with E-state index in [0.29, 0.717) is 17.8 Å². The van der Waals surface area contributed by atoms with Crippen molar-refractivity contribution in [3.8, 4) is 0 Å². The Kier molecular flexibility index (Phi) is 4.71. The van der Waals surface area contributed by atoms with Crippen LogP contribution in [0.15, 0.2) is 29.6 Å². The zero-order valence-electron chi connectivity index (χ0n) is 14.3. The van der Waals surface area contributed by atoms with Crippen molar-refractivity contribution in [1.82, 2.24) is 4.90 Å². The highest BCUT2D eigenvalue weighted by Crippen LogP contribution is 2.27. The molecule has 126 valence electrons. The SMILES string of the molecule is Cc1c(NC(=O)C(C)C)cccc1C(=O)N1CCc2sccc2C1. The Morgan fingerprint density at radius 3 is 2.79 bits per heavy atom. The van der Waals surface area contributed by atoms with E-state index in [9.17, 15) is 9.59 Å². The van der Waals surface area contributed by atoms with Crippen LogP contribution < -0.4 is 5.32 Å². The molecule has 0 aliphatic carbocycles. The Balaban J connectivity index is 1.82. The predicted molar refractivity (Wildman–Crippen MR) is 97.4 cm³/mol. The molecule has 2 aromatic rings. The number of carbonyl (C=O) groups excluding carboxylic acids is 2. The Morgan fingerprint density at radius 2 is 2.04 bits per heavy atom. The van der Waals surface area contributed by atoms with Crippen LogP contribution >= 0.6 is 11.3 Å². The Hall–Kier alpha value is -2.14. The van der Waals surface area contributed by atoms with Gasteiger partial charge in [-0.15, -0.1) is 11.3 Å². The van der Waals surface area contributed by atoms with Crippen molar-refractivity contribution in [1.29, 1.82) is 0 Å². The number of nitrogens with zero attached hydrogens (tertiary/aromatic N) is 1. The minimum absolute atomic E-state index is 0.0324. The minimum atomic E-state index is -0.0946. The largest absolute Gasteiger partial charge is 0.334 e. The quantitative estimate of drug-likeness (QED) is 0.921. The van der Waals surface area contributed by atoms with Crippen LogP contribution in [0.1, 0.15) is 40.2 Å². The number of nitrogens with one attached hydrogen (secondary N) is 1. The minimum Gasteiger partial charge on any atom is -0.334 e. The Morgan fingerprint density at radius 1 is 1.25 bits per heavy atom. The molecule has 5 heteroatoms. The third-order valence-electron chi connectivity index (χ3n) is 4.44. The van der Waals surface area contributed by atoms with E-state index in [1.165, 1.54) is 10.4 Å². The van der Waals surface area contributed by atoms with Gasteiger partial charge in [-0.05, 0) is 48.1 Å². The number of hydrogen-bond acceptors (Lipinski definition) is 3. The summed E-state index contributed by atoms with van der Waals surface area (Å²) in [6, 6.07) is 7.62. The summed E-state index contributed by atoms with van der Waals surface area (Å²) in [5.41, 5.74) is 3.46. The highest BCUT2D eigenvalue weighted by Gasteiger charge is 2.24. The standard InChI is InChI=1S/C19H22N2O2S/c1-12(2)18(22)20-16-6-4-5-15(13(16)3)19(23)21-9-7-17-14(11-21)8-10-24-17/h4-6,8,10,12H,7,9,11H2,1-3H3,(H,20,22). The van der Waals surface area contributed by atoms with Gasteiger partial charge in [0.15, 0.2) is 0 Å². The van der Waals surface area contributed by atoms with Gasteiger partial charge in [-0.1, -0.05) is 19.9 Å². The van der Waals surface area contributed by atoms with Gasteiger partial charge in [-0.25, -0.2) is 0 Å². The molecule has 3 rings (SSSR count). The molecule has 4 nitrogen and oxygen atoms in total. The summed E-state index contributed by atoms with van der Waals surface area (Å²) >= 11 is 1.76. The van der Waals surface area contributed by atoms with Crippen molar-refractivity contribution >= 4 is 28.8 Å². The molecule has 0 unspecified atom stereocenters. The zero-order valence-corrected chi connectivity index (χ0v) is 15.1.